The highest BCUT2D eigenvalue weighted by atomic mass is 79.9. The fourth-order valence-corrected chi connectivity index (χ4v) is 0.859. The van der Waals surface area contributed by atoms with Gasteiger partial charge in [0.2, 0.25) is 0 Å². The summed E-state index contributed by atoms with van der Waals surface area (Å²) in [5.41, 5.74) is -0.597. The average Bonchev–Trinajstić information content (AvgIpc) is 2.32. The second-order valence-electron chi connectivity index (χ2n) is 1.86. The van der Waals surface area contributed by atoms with Crippen molar-refractivity contribution < 1.29 is 13.2 Å². The summed E-state index contributed by atoms with van der Waals surface area (Å²) in [4.78, 5) is 0. The molecule has 0 spiro atoms. The summed E-state index contributed by atoms with van der Waals surface area (Å²) in [6, 6.07) is 0.932. The van der Waals surface area contributed by atoms with Gasteiger partial charge in [0.05, 0.1) is 5.45 Å². The minimum absolute atomic E-state index is 0.267. The molecule has 0 amide bonds. The normalized spacial score (nSPS) is 12.0. The van der Waals surface area contributed by atoms with Crippen LogP contribution in [-0.2, 0) is 11.6 Å². The van der Waals surface area contributed by atoms with Gasteiger partial charge in [0.15, 0.2) is 5.69 Å². The molecule has 0 fully saturated rings. The van der Waals surface area contributed by atoms with Gasteiger partial charge in [0, 0.05) is 6.20 Å². The Labute approximate surface area is 69.1 Å². The lowest BCUT2D eigenvalue weighted by Crippen LogP contribution is -2.06. The Hall–Kier alpha value is -0.520. The summed E-state index contributed by atoms with van der Waals surface area (Å²) >= 11 is 2.97. The molecule has 0 N–H and O–H groups in total. The Bertz CT molecular complexity index is 242. The van der Waals surface area contributed by atoms with Crippen molar-refractivity contribution in [1.82, 2.24) is 9.78 Å². The zero-order chi connectivity index (χ0) is 8.48. The quantitative estimate of drug-likeness (QED) is 0.675. The van der Waals surface area contributed by atoms with Gasteiger partial charge in [-0.15, -0.1) is 0 Å². The molecule has 6 heteroatoms. The van der Waals surface area contributed by atoms with Crippen LogP contribution in [0.2, 0.25) is 0 Å². The van der Waals surface area contributed by atoms with Gasteiger partial charge < -0.3 is 0 Å². The van der Waals surface area contributed by atoms with Crippen LogP contribution >= 0.6 is 15.9 Å². The van der Waals surface area contributed by atoms with Crippen molar-refractivity contribution in [3.8, 4) is 0 Å². The molecule has 0 bridgehead atoms. The molecule has 1 aromatic heterocycles. The van der Waals surface area contributed by atoms with Gasteiger partial charge in [-0.3, -0.25) is 4.68 Å². The van der Waals surface area contributed by atoms with Crippen LogP contribution in [0.25, 0.3) is 0 Å². The minimum Gasteiger partial charge on any atom is -0.262 e. The van der Waals surface area contributed by atoms with Gasteiger partial charge in [-0.2, -0.15) is 18.3 Å². The highest BCUT2D eigenvalue weighted by Crippen LogP contribution is 2.27. The van der Waals surface area contributed by atoms with Crippen LogP contribution in [0.1, 0.15) is 5.69 Å². The largest absolute Gasteiger partial charge is 0.435 e. The molecule has 0 saturated carbocycles. The van der Waals surface area contributed by atoms with Gasteiger partial charge in [-0.05, 0) is 6.07 Å². The van der Waals surface area contributed by atoms with E-state index >= 15 is 0 Å². The lowest BCUT2D eigenvalue weighted by molar-refractivity contribution is -0.141. The van der Waals surface area contributed by atoms with Crippen molar-refractivity contribution in [2.45, 2.75) is 11.6 Å². The van der Waals surface area contributed by atoms with Crippen molar-refractivity contribution in [2.75, 3.05) is 0 Å². The molecule has 0 radical (unpaired) electrons. The van der Waals surface area contributed by atoms with Crippen molar-refractivity contribution >= 4 is 15.9 Å². The third-order valence-electron chi connectivity index (χ3n) is 1.05. The van der Waals surface area contributed by atoms with Crippen molar-refractivity contribution in [3.05, 3.63) is 18.0 Å². The number of rotatable bonds is 1. The van der Waals surface area contributed by atoms with E-state index in [-0.39, 0.29) is 5.45 Å². The van der Waals surface area contributed by atoms with Crippen LogP contribution in [0.5, 0.6) is 0 Å². The van der Waals surface area contributed by atoms with Crippen LogP contribution in [-0.4, -0.2) is 9.78 Å². The Morgan fingerprint density at radius 3 is 2.45 bits per heavy atom. The fraction of sp³-hybridized carbons (Fsp3) is 0.400. The van der Waals surface area contributed by atoms with Crippen molar-refractivity contribution in [3.63, 3.8) is 0 Å². The van der Waals surface area contributed by atoms with E-state index in [1.807, 2.05) is 0 Å². The first-order valence-corrected chi connectivity index (χ1v) is 3.83. The van der Waals surface area contributed by atoms with Gasteiger partial charge in [-0.1, -0.05) is 15.9 Å². The van der Waals surface area contributed by atoms with Crippen molar-refractivity contribution in [1.29, 1.82) is 0 Å². The number of alkyl halides is 4. The Balaban J connectivity index is 2.89. The van der Waals surface area contributed by atoms with Crippen LogP contribution < -0.4 is 0 Å². The Morgan fingerprint density at radius 2 is 2.18 bits per heavy atom. The lowest BCUT2D eigenvalue weighted by atomic mass is 10.4. The molecule has 1 heterocycles. The molecule has 1 aromatic rings. The molecule has 0 aliphatic heterocycles. The second kappa shape index (κ2) is 2.84. The predicted octanol–water partition coefficient (Wildman–Crippen LogP) is 2.25. The lowest BCUT2D eigenvalue weighted by Gasteiger charge is -1.99. The molecule has 0 aliphatic carbocycles. The highest BCUT2D eigenvalue weighted by molar-refractivity contribution is 9.08. The molecule has 0 unspecified atom stereocenters. The number of hydrogen-bond donors (Lipinski definition) is 0. The first-order chi connectivity index (χ1) is 5.04. The third-order valence-corrected chi connectivity index (χ3v) is 1.57. The number of aromatic nitrogens is 2. The number of hydrogen-bond acceptors (Lipinski definition) is 1. The zero-order valence-corrected chi connectivity index (χ0v) is 6.85. The maximum atomic E-state index is 11.8. The first kappa shape index (κ1) is 8.58. The van der Waals surface area contributed by atoms with Crippen LogP contribution in [0.15, 0.2) is 12.3 Å². The molecule has 0 aromatic carbocycles. The maximum absolute atomic E-state index is 11.8. The summed E-state index contributed by atoms with van der Waals surface area (Å²) in [7, 11) is 0. The Morgan fingerprint density at radius 1 is 1.55 bits per heavy atom. The highest BCUT2D eigenvalue weighted by Gasteiger charge is 2.33. The van der Waals surface area contributed by atoms with E-state index in [1.54, 1.807) is 0 Å². The van der Waals surface area contributed by atoms with Gasteiger partial charge >= 0.3 is 6.18 Å². The van der Waals surface area contributed by atoms with E-state index < -0.39 is 11.9 Å². The van der Waals surface area contributed by atoms with Crippen LogP contribution in [0.4, 0.5) is 13.2 Å². The molecular formula is C5H4BrF3N2. The number of halogens is 4. The molecular weight excluding hydrogens is 225 g/mol. The van der Waals surface area contributed by atoms with Gasteiger partial charge in [0.25, 0.3) is 0 Å². The predicted molar refractivity (Wildman–Crippen MR) is 36.2 cm³/mol. The standard InChI is InChI=1S/C5H4BrF3N2/c6-3-11-2-1-4(10-11)5(7,8)9/h1-2H,3H2. The van der Waals surface area contributed by atoms with E-state index in [0.717, 1.165) is 10.7 Å². The third kappa shape index (κ3) is 1.95. The number of nitrogens with zero attached hydrogens (tertiary/aromatic N) is 2. The topological polar surface area (TPSA) is 17.8 Å². The van der Waals surface area contributed by atoms with Crippen LogP contribution in [0, 0.1) is 0 Å². The summed E-state index contributed by atoms with van der Waals surface area (Å²) in [5.74, 6) is 0. The molecule has 0 saturated heterocycles. The van der Waals surface area contributed by atoms with E-state index in [9.17, 15) is 13.2 Å². The first-order valence-electron chi connectivity index (χ1n) is 2.70. The molecule has 0 atom stereocenters. The molecule has 0 aliphatic rings. The SMILES string of the molecule is FC(F)(F)c1ccn(CBr)n1. The van der Waals surface area contributed by atoms with Gasteiger partial charge in [-0.25, -0.2) is 0 Å². The Kier molecular flexibility index (Phi) is 2.22. The summed E-state index contributed by atoms with van der Waals surface area (Å²) in [5, 5.41) is 3.24. The zero-order valence-electron chi connectivity index (χ0n) is 5.27. The van der Waals surface area contributed by atoms with E-state index in [4.69, 9.17) is 0 Å². The molecule has 62 valence electrons. The van der Waals surface area contributed by atoms with E-state index in [0.29, 0.717) is 0 Å². The smallest absolute Gasteiger partial charge is 0.262 e. The summed E-state index contributed by atoms with van der Waals surface area (Å²) in [6.45, 7) is 0. The average molecular weight is 229 g/mol. The summed E-state index contributed by atoms with van der Waals surface area (Å²) in [6.07, 6.45) is -3.08. The van der Waals surface area contributed by atoms with Crippen LogP contribution in [0.3, 0.4) is 0 Å². The van der Waals surface area contributed by atoms with E-state index in [1.165, 1.54) is 6.20 Å². The molecule has 11 heavy (non-hydrogen) atoms. The monoisotopic (exact) mass is 228 g/mol. The maximum Gasteiger partial charge on any atom is 0.435 e. The molecule has 1 rings (SSSR count). The second-order valence-corrected chi connectivity index (χ2v) is 2.36. The molecule has 2 nitrogen and oxygen atoms in total. The summed E-state index contributed by atoms with van der Waals surface area (Å²) < 4.78 is 36.7. The van der Waals surface area contributed by atoms with Gasteiger partial charge in [0.1, 0.15) is 0 Å². The fourth-order valence-electron chi connectivity index (χ4n) is 0.579. The minimum atomic E-state index is -4.34. The van der Waals surface area contributed by atoms with Crippen molar-refractivity contribution in [2.24, 2.45) is 0 Å². The van der Waals surface area contributed by atoms with E-state index in [2.05, 4.69) is 21.0 Å².